The van der Waals surface area contributed by atoms with E-state index in [1.54, 1.807) is 67.4 Å². The van der Waals surface area contributed by atoms with Crippen molar-refractivity contribution in [1.29, 1.82) is 0 Å². The number of rotatable bonds is 5. The van der Waals surface area contributed by atoms with E-state index in [-0.39, 0.29) is 22.6 Å². The second kappa shape index (κ2) is 8.65. The lowest BCUT2D eigenvalue weighted by atomic mass is 9.95. The van der Waals surface area contributed by atoms with Crippen LogP contribution in [0.4, 0.5) is 5.69 Å². The van der Waals surface area contributed by atoms with Crippen molar-refractivity contribution < 1.29 is 18.0 Å². The van der Waals surface area contributed by atoms with Gasteiger partial charge in [-0.05, 0) is 49.6 Å². The minimum Gasteiger partial charge on any atom is -0.359 e. The summed E-state index contributed by atoms with van der Waals surface area (Å²) in [6.07, 6.45) is 1.23. The number of hydrogen-bond donors (Lipinski definition) is 2. The van der Waals surface area contributed by atoms with Gasteiger partial charge in [0.2, 0.25) is 5.91 Å². The maximum Gasteiger partial charge on any atom is 0.262 e. The highest BCUT2D eigenvalue weighted by molar-refractivity contribution is 7.92. The van der Waals surface area contributed by atoms with Gasteiger partial charge in [0.15, 0.2) is 0 Å². The molecule has 1 aliphatic rings. The Hall–Kier alpha value is -2.87. The molecule has 0 saturated carbocycles. The van der Waals surface area contributed by atoms with Crippen molar-refractivity contribution >= 4 is 27.5 Å². The number of benzene rings is 2. The van der Waals surface area contributed by atoms with Gasteiger partial charge in [-0.2, -0.15) is 0 Å². The smallest absolute Gasteiger partial charge is 0.262 e. The molecule has 1 saturated heterocycles. The standard InChI is InChI=1S/C21H25N3O4S/c1-15-6-3-4-9-19(15)29(27,28)23-18-8-5-7-17(14-18)21(26)24-12-10-16(11-13-24)20(25)22-2/h3-9,14,16,23H,10-13H2,1-2H3,(H,22,25). The van der Waals surface area contributed by atoms with Crippen LogP contribution in [-0.2, 0) is 14.8 Å². The summed E-state index contributed by atoms with van der Waals surface area (Å²) in [5.74, 6) is -0.238. The van der Waals surface area contributed by atoms with Crippen molar-refractivity contribution in [3.05, 3.63) is 59.7 Å². The van der Waals surface area contributed by atoms with Crippen LogP contribution in [0.5, 0.6) is 0 Å². The summed E-state index contributed by atoms with van der Waals surface area (Å²) in [7, 11) is -2.14. The van der Waals surface area contributed by atoms with Crippen molar-refractivity contribution in [2.45, 2.75) is 24.7 Å². The van der Waals surface area contributed by atoms with Crippen LogP contribution >= 0.6 is 0 Å². The molecule has 2 aromatic carbocycles. The summed E-state index contributed by atoms with van der Waals surface area (Å²) in [5, 5.41) is 2.65. The summed E-state index contributed by atoms with van der Waals surface area (Å²) in [6.45, 7) is 2.73. The molecular weight excluding hydrogens is 390 g/mol. The summed E-state index contributed by atoms with van der Waals surface area (Å²) in [4.78, 5) is 26.5. The van der Waals surface area contributed by atoms with Gasteiger partial charge in [0, 0.05) is 37.3 Å². The fourth-order valence-corrected chi connectivity index (χ4v) is 4.81. The quantitative estimate of drug-likeness (QED) is 0.784. The minimum absolute atomic E-state index is 0.00436. The first-order valence-electron chi connectivity index (χ1n) is 9.51. The van der Waals surface area contributed by atoms with Gasteiger partial charge in [-0.1, -0.05) is 24.3 Å². The van der Waals surface area contributed by atoms with Crippen molar-refractivity contribution in [3.63, 3.8) is 0 Å². The van der Waals surface area contributed by atoms with Crippen LogP contribution < -0.4 is 10.0 Å². The normalized spacial score (nSPS) is 15.0. The molecular formula is C21H25N3O4S. The molecule has 8 heteroatoms. The highest BCUT2D eigenvalue weighted by Gasteiger charge is 2.27. The van der Waals surface area contributed by atoms with Crippen LogP contribution in [0.15, 0.2) is 53.4 Å². The lowest BCUT2D eigenvalue weighted by molar-refractivity contribution is -0.125. The van der Waals surface area contributed by atoms with Crippen LogP contribution in [-0.4, -0.2) is 45.3 Å². The van der Waals surface area contributed by atoms with Gasteiger partial charge in [0.1, 0.15) is 0 Å². The van der Waals surface area contributed by atoms with Crippen LogP contribution in [0.25, 0.3) is 0 Å². The Morgan fingerprint density at radius 1 is 1.03 bits per heavy atom. The molecule has 29 heavy (non-hydrogen) atoms. The van der Waals surface area contributed by atoms with Crippen molar-refractivity contribution in [2.75, 3.05) is 24.9 Å². The lowest BCUT2D eigenvalue weighted by Crippen LogP contribution is -2.42. The summed E-state index contributed by atoms with van der Waals surface area (Å²) in [6, 6.07) is 13.2. The number of sulfonamides is 1. The Morgan fingerprint density at radius 3 is 2.38 bits per heavy atom. The van der Waals surface area contributed by atoms with Gasteiger partial charge in [0.25, 0.3) is 15.9 Å². The predicted octanol–water partition coefficient (Wildman–Crippen LogP) is 2.39. The van der Waals surface area contributed by atoms with Crippen molar-refractivity contribution in [1.82, 2.24) is 10.2 Å². The van der Waals surface area contributed by atoms with Gasteiger partial charge >= 0.3 is 0 Å². The first kappa shape index (κ1) is 20.9. The van der Waals surface area contributed by atoms with E-state index in [1.165, 1.54) is 0 Å². The SMILES string of the molecule is CNC(=O)C1CCN(C(=O)c2cccc(NS(=O)(=O)c3ccccc3C)c2)CC1. The van der Waals surface area contributed by atoms with E-state index in [4.69, 9.17) is 0 Å². The molecule has 3 rings (SSSR count). The molecule has 154 valence electrons. The van der Waals surface area contributed by atoms with Gasteiger partial charge in [-0.25, -0.2) is 8.42 Å². The fourth-order valence-electron chi connectivity index (χ4n) is 3.52. The van der Waals surface area contributed by atoms with E-state index in [2.05, 4.69) is 10.0 Å². The molecule has 0 atom stereocenters. The van der Waals surface area contributed by atoms with Gasteiger partial charge in [-0.15, -0.1) is 0 Å². The Morgan fingerprint density at radius 2 is 1.72 bits per heavy atom. The Balaban J connectivity index is 1.72. The second-order valence-corrected chi connectivity index (χ2v) is 8.78. The van der Waals surface area contributed by atoms with Gasteiger partial charge < -0.3 is 10.2 Å². The van der Waals surface area contributed by atoms with E-state index in [0.29, 0.717) is 42.7 Å². The number of aryl methyl sites for hydroxylation is 1. The molecule has 0 aliphatic carbocycles. The maximum absolute atomic E-state index is 12.8. The molecule has 2 N–H and O–H groups in total. The number of amides is 2. The molecule has 1 fully saturated rings. The summed E-state index contributed by atoms with van der Waals surface area (Å²) >= 11 is 0. The maximum atomic E-state index is 12.8. The molecule has 1 aliphatic heterocycles. The Bertz CT molecular complexity index is 1010. The van der Waals surface area contributed by atoms with E-state index in [9.17, 15) is 18.0 Å². The summed E-state index contributed by atoms with van der Waals surface area (Å²) < 4.78 is 27.9. The zero-order valence-corrected chi connectivity index (χ0v) is 17.3. The topological polar surface area (TPSA) is 95.6 Å². The molecule has 1 heterocycles. The fraction of sp³-hybridized carbons (Fsp3) is 0.333. The van der Waals surface area contributed by atoms with E-state index in [1.807, 2.05) is 0 Å². The number of anilines is 1. The average Bonchev–Trinajstić information content (AvgIpc) is 2.73. The molecule has 7 nitrogen and oxygen atoms in total. The molecule has 0 unspecified atom stereocenters. The predicted molar refractivity (Wildman–Crippen MR) is 111 cm³/mol. The van der Waals surface area contributed by atoms with Crippen LogP contribution in [0, 0.1) is 12.8 Å². The first-order valence-corrected chi connectivity index (χ1v) is 11.0. The number of likely N-dealkylation sites (tertiary alicyclic amines) is 1. The number of piperidine rings is 1. The minimum atomic E-state index is -3.75. The van der Waals surface area contributed by atoms with Crippen molar-refractivity contribution in [3.8, 4) is 0 Å². The third-order valence-corrected chi connectivity index (χ3v) is 6.69. The second-order valence-electron chi connectivity index (χ2n) is 7.13. The molecule has 0 aromatic heterocycles. The third-order valence-electron chi connectivity index (χ3n) is 5.14. The van der Waals surface area contributed by atoms with Crippen LogP contribution in [0.2, 0.25) is 0 Å². The average molecular weight is 416 g/mol. The first-order chi connectivity index (χ1) is 13.8. The molecule has 2 amide bonds. The number of carbonyl (C=O) groups excluding carboxylic acids is 2. The number of nitrogens with zero attached hydrogens (tertiary/aromatic N) is 1. The van der Waals surface area contributed by atoms with Gasteiger partial charge in [0.05, 0.1) is 4.90 Å². The monoisotopic (exact) mass is 415 g/mol. The lowest BCUT2D eigenvalue weighted by Gasteiger charge is -2.31. The van der Waals surface area contributed by atoms with E-state index < -0.39 is 10.0 Å². The Labute approximate surface area is 171 Å². The van der Waals surface area contributed by atoms with Crippen molar-refractivity contribution in [2.24, 2.45) is 5.92 Å². The Kier molecular flexibility index (Phi) is 6.22. The largest absolute Gasteiger partial charge is 0.359 e. The highest BCUT2D eigenvalue weighted by atomic mass is 32.2. The van der Waals surface area contributed by atoms with Crippen LogP contribution in [0.3, 0.4) is 0 Å². The van der Waals surface area contributed by atoms with Gasteiger partial charge in [-0.3, -0.25) is 14.3 Å². The highest BCUT2D eigenvalue weighted by Crippen LogP contribution is 2.22. The third kappa shape index (κ3) is 4.76. The molecule has 0 radical (unpaired) electrons. The molecule has 0 bridgehead atoms. The van der Waals surface area contributed by atoms with Crippen LogP contribution in [0.1, 0.15) is 28.8 Å². The zero-order valence-electron chi connectivity index (χ0n) is 16.5. The van der Waals surface area contributed by atoms with E-state index >= 15 is 0 Å². The number of carbonyl (C=O) groups is 2. The number of nitrogens with one attached hydrogen (secondary N) is 2. The van der Waals surface area contributed by atoms with E-state index in [0.717, 1.165) is 0 Å². The molecule has 2 aromatic rings. The summed E-state index contributed by atoms with van der Waals surface area (Å²) in [5.41, 5.74) is 1.39. The molecule has 0 spiro atoms. The number of hydrogen-bond acceptors (Lipinski definition) is 4. The zero-order chi connectivity index (χ0) is 21.0.